The maximum Gasteiger partial charge on any atom is 0.142 e. The number of rotatable bonds is 3. The van der Waals surface area contributed by atoms with Gasteiger partial charge in [0, 0.05) is 6.54 Å². The second-order valence-corrected chi connectivity index (χ2v) is 3.57. The minimum absolute atomic E-state index is 0.764. The molecule has 1 unspecified atom stereocenters. The highest BCUT2D eigenvalue weighted by Crippen LogP contribution is 2.18. The fourth-order valence-corrected chi connectivity index (χ4v) is 1.79. The van der Waals surface area contributed by atoms with Gasteiger partial charge in [0.2, 0.25) is 0 Å². The molecular weight excluding hydrogens is 150 g/mol. The van der Waals surface area contributed by atoms with E-state index >= 15 is 0 Å². The van der Waals surface area contributed by atoms with Crippen LogP contribution in [0.15, 0.2) is 12.2 Å². The van der Waals surface area contributed by atoms with Gasteiger partial charge in [-0.05, 0) is 44.8 Å². The molecule has 1 rings (SSSR count). The first-order chi connectivity index (χ1) is 5.83. The molecule has 0 aliphatic carbocycles. The van der Waals surface area contributed by atoms with Crippen LogP contribution in [-0.2, 0) is 4.79 Å². The van der Waals surface area contributed by atoms with Gasteiger partial charge in [0.05, 0.1) is 0 Å². The van der Waals surface area contributed by atoms with E-state index < -0.39 is 0 Å². The Hall–Kier alpha value is -0.630. The SMILES string of the molecule is CN1CCCC(C/C=C\C=O)C1. The fourth-order valence-electron chi connectivity index (χ4n) is 1.79. The summed E-state index contributed by atoms with van der Waals surface area (Å²) in [4.78, 5) is 12.4. The van der Waals surface area contributed by atoms with Crippen molar-refractivity contribution in [3.05, 3.63) is 12.2 Å². The van der Waals surface area contributed by atoms with Gasteiger partial charge in [-0.15, -0.1) is 0 Å². The Kier molecular flexibility index (Phi) is 4.01. The number of nitrogens with zero attached hydrogens (tertiary/aromatic N) is 1. The van der Waals surface area contributed by atoms with Crippen LogP contribution in [0, 0.1) is 5.92 Å². The first kappa shape index (κ1) is 9.46. The van der Waals surface area contributed by atoms with Crippen molar-refractivity contribution in [3.8, 4) is 0 Å². The quantitative estimate of drug-likeness (QED) is 0.468. The highest BCUT2D eigenvalue weighted by atomic mass is 16.1. The smallest absolute Gasteiger partial charge is 0.142 e. The number of carbonyl (C=O) groups excluding carboxylic acids is 1. The lowest BCUT2D eigenvalue weighted by Gasteiger charge is -2.28. The molecule has 1 aliphatic heterocycles. The van der Waals surface area contributed by atoms with Gasteiger partial charge in [-0.3, -0.25) is 4.79 Å². The molecule has 0 spiro atoms. The number of aldehydes is 1. The summed E-state index contributed by atoms with van der Waals surface area (Å²) in [6, 6.07) is 0. The standard InChI is InChI=1S/C10H17NO/c1-11-7-4-6-10(9-11)5-2-3-8-12/h2-3,8,10H,4-7,9H2,1H3/b3-2-. The largest absolute Gasteiger partial charge is 0.306 e. The summed E-state index contributed by atoms with van der Waals surface area (Å²) in [6.07, 6.45) is 8.12. The lowest BCUT2D eigenvalue weighted by Crippen LogP contribution is -2.31. The lowest BCUT2D eigenvalue weighted by molar-refractivity contribution is -0.104. The van der Waals surface area contributed by atoms with Crippen LogP contribution >= 0.6 is 0 Å². The lowest BCUT2D eigenvalue weighted by atomic mass is 9.95. The van der Waals surface area contributed by atoms with E-state index in [0.717, 1.165) is 18.6 Å². The molecule has 0 saturated carbocycles. The maximum atomic E-state index is 10.0. The Labute approximate surface area is 74.2 Å². The Morgan fingerprint density at radius 2 is 2.42 bits per heavy atom. The van der Waals surface area contributed by atoms with E-state index in [-0.39, 0.29) is 0 Å². The van der Waals surface area contributed by atoms with Crippen LogP contribution in [-0.4, -0.2) is 31.3 Å². The molecule has 1 saturated heterocycles. The molecule has 0 aromatic rings. The topological polar surface area (TPSA) is 20.3 Å². The maximum absolute atomic E-state index is 10.0. The van der Waals surface area contributed by atoms with Crippen molar-refractivity contribution in [3.63, 3.8) is 0 Å². The third kappa shape index (κ3) is 3.18. The molecule has 2 nitrogen and oxygen atoms in total. The average Bonchev–Trinajstić information content (AvgIpc) is 2.05. The molecule has 1 fully saturated rings. The fraction of sp³-hybridized carbons (Fsp3) is 0.700. The van der Waals surface area contributed by atoms with Crippen molar-refractivity contribution in [2.45, 2.75) is 19.3 Å². The van der Waals surface area contributed by atoms with E-state index in [0.29, 0.717) is 0 Å². The van der Waals surface area contributed by atoms with E-state index in [1.807, 2.05) is 6.08 Å². The highest BCUT2D eigenvalue weighted by molar-refractivity contribution is 5.64. The van der Waals surface area contributed by atoms with Crippen LogP contribution in [0.1, 0.15) is 19.3 Å². The summed E-state index contributed by atoms with van der Waals surface area (Å²) >= 11 is 0. The molecule has 0 aromatic carbocycles. The minimum Gasteiger partial charge on any atom is -0.306 e. The summed E-state index contributed by atoms with van der Waals surface area (Å²) in [7, 11) is 2.16. The zero-order valence-corrected chi connectivity index (χ0v) is 7.70. The van der Waals surface area contributed by atoms with Gasteiger partial charge in [0.25, 0.3) is 0 Å². The Bertz CT molecular complexity index is 165. The Morgan fingerprint density at radius 1 is 1.58 bits per heavy atom. The monoisotopic (exact) mass is 167 g/mol. The number of allylic oxidation sites excluding steroid dienone is 2. The molecule has 68 valence electrons. The summed E-state index contributed by atoms with van der Waals surface area (Å²) in [6.45, 7) is 2.41. The number of piperidine rings is 1. The summed E-state index contributed by atoms with van der Waals surface area (Å²) in [5.74, 6) is 0.764. The number of likely N-dealkylation sites (tertiary alicyclic amines) is 1. The molecule has 1 atom stereocenters. The average molecular weight is 167 g/mol. The van der Waals surface area contributed by atoms with Crippen molar-refractivity contribution in [1.82, 2.24) is 4.90 Å². The van der Waals surface area contributed by atoms with E-state index in [4.69, 9.17) is 0 Å². The number of hydrogen-bond acceptors (Lipinski definition) is 2. The second-order valence-electron chi connectivity index (χ2n) is 3.57. The van der Waals surface area contributed by atoms with E-state index in [2.05, 4.69) is 11.9 Å². The van der Waals surface area contributed by atoms with Gasteiger partial charge >= 0.3 is 0 Å². The van der Waals surface area contributed by atoms with E-state index in [9.17, 15) is 4.79 Å². The third-order valence-corrected chi connectivity index (χ3v) is 2.41. The highest BCUT2D eigenvalue weighted by Gasteiger charge is 2.15. The van der Waals surface area contributed by atoms with E-state index in [1.165, 1.54) is 25.9 Å². The van der Waals surface area contributed by atoms with Crippen molar-refractivity contribution in [2.75, 3.05) is 20.1 Å². The molecule has 2 heteroatoms. The van der Waals surface area contributed by atoms with Crippen LogP contribution in [0.5, 0.6) is 0 Å². The summed E-state index contributed by atoms with van der Waals surface area (Å²) in [5.41, 5.74) is 0. The van der Waals surface area contributed by atoms with Gasteiger partial charge < -0.3 is 4.90 Å². The second kappa shape index (κ2) is 5.09. The predicted molar refractivity (Wildman–Crippen MR) is 50.0 cm³/mol. The molecule has 0 N–H and O–H groups in total. The van der Waals surface area contributed by atoms with Gasteiger partial charge in [0.15, 0.2) is 0 Å². The molecule has 0 radical (unpaired) electrons. The van der Waals surface area contributed by atoms with Crippen LogP contribution in [0.2, 0.25) is 0 Å². The van der Waals surface area contributed by atoms with Crippen molar-refractivity contribution in [1.29, 1.82) is 0 Å². The van der Waals surface area contributed by atoms with Crippen LogP contribution in [0.4, 0.5) is 0 Å². The van der Waals surface area contributed by atoms with Crippen LogP contribution in [0.25, 0.3) is 0 Å². The third-order valence-electron chi connectivity index (χ3n) is 2.41. The van der Waals surface area contributed by atoms with Gasteiger partial charge in [-0.25, -0.2) is 0 Å². The molecule has 12 heavy (non-hydrogen) atoms. The first-order valence-corrected chi connectivity index (χ1v) is 4.62. The van der Waals surface area contributed by atoms with Crippen molar-refractivity contribution in [2.24, 2.45) is 5.92 Å². The zero-order valence-electron chi connectivity index (χ0n) is 7.70. The molecule has 1 heterocycles. The van der Waals surface area contributed by atoms with Gasteiger partial charge in [0.1, 0.15) is 6.29 Å². The summed E-state index contributed by atoms with van der Waals surface area (Å²) in [5, 5.41) is 0. The Morgan fingerprint density at radius 3 is 3.08 bits per heavy atom. The zero-order chi connectivity index (χ0) is 8.81. The molecule has 0 amide bonds. The van der Waals surface area contributed by atoms with Crippen molar-refractivity contribution < 1.29 is 4.79 Å². The molecule has 1 aliphatic rings. The molecule has 0 bridgehead atoms. The van der Waals surface area contributed by atoms with Gasteiger partial charge in [-0.2, -0.15) is 0 Å². The number of hydrogen-bond donors (Lipinski definition) is 0. The van der Waals surface area contributed by atoms with E-state index in [1.54, 1.807) is 6.08 Å². The normalized spacial score (nSPS) is 26.2. The predicted octanol–water partition coefficient (Wildman–Crippen LogP) is 1.47. The van der Waals surface area contributed by atoms with Crippen molar-refractivity contribution >= 4 is 6.29 Å². The molecule has 0 aromatic heterocycles. The number of carbonyl (C=O) groups is 1. The first-order valence-electron chi connectivity index (χ1n) is 4.62. The summed E-state index contributed by atoms with van der Waals surface area (Å²) < 4.78 is 0. The van der Waals surface area contributed by atoms with Gasteiger partial charge in [-0.1, -0.05) is 6.08 Å². The Balaban J connectivity index is 2.22. The molecular formula is C10H17NO. The van der Waals surface area contributed by atoms with Crippen LogP contribution in [0.3, 0.4) is 0 Å². The van der Waals surface area contributed by atoms with Crippen LogP contribution < -0.4 is 0 Å². The minimum atomic E-state index is 0.764.